The van der Waals surface area contributed by atoms with Gasteiger partial charge in [0.05, 0.1) is 11.8 Å². The zero-order valence-electron chi connectivity index (χ0n) is 12.0. The second-order valence-corrected chi connectivity index (χ2v) is 5.35. The Labute approximate surface area is 115 Å². The Hall–Kier alpha value is -1.32. The largest absolute Gasteiger partial charge is 0.369 e. The molecule has 108 valence electrons. The summed E-state index contributed by atoms with van der Waals surface area (Å²) in [6, 6.07) is 0. The normalized spacial score (nSPS) is 18.8. The number of allylic oxidation sites excluding steroid dienone is 2. The molecule has 1 aliphatic carbocycles. The van der Waals surface area contributed by atoms with Gasteiger partial charge in [-0.3, -0.25) is 9.59 Å². The van der Waals surface area contributed by atoms with E-state index in [0.29, 0.717) is 18.9 Å². The highest BCUT2D eigenvalue weighted by Gasteiger charge is 2.34. The average Bonchev–Trinajstić information content (AvgIpc) is 2.30. The number of carbonyl (C=O) groups excluding carboxylic acids is 2. The lowest BCUT2D eigenvalue weighted by Crippen LogP contribution is -2.41. The minimum absolute atomic E-state index is 0.0253. The summed E-state index contributed by atoms with van der Waals surface area (Å²) in [6.07, 6.45) is 8.74. The molecule has 1 aliphatic rings. The van der Waals surface area contributed by atoms with Crippen LogP contribution in [0, 0.1) is 17.8 Å². The summed E-state index contributed by atoms with van der Waals surface area (Å²) in [4.78, 5) is 23.8. The van der Waals surface area contributed by atoms with E-state index in [1.54, 1.807) is 0 Å². The quantitative estimate of drug-likeness (QED) is 0.659. The van der Waals surface area contributed by atoms with Gasteiger partial charge in [0.25, 0.3) is 0 Å². The first-order valence-electron chi connectivity index (χ1n) is 7.28. The Kier molecular flexibility index (Phi) is 6.60. The molecule has 1 fully saturated rings. The lowest BCUT2D eigenvalue weighted by Gasteiger charge is -2.31. The topological polar surface area (TPSA) is 72.2 Å². The highest BCUT2D eigenvalue weighted by molar-refractivity contribution is 5.87. The number of primary amides is 1. The summed E-state index contributed by atoms with van der Waals surface area (Å²) in [5.74, 6) is -0.473. The van der Waals surface area contributed by atoms with E-state index >= 15 is 0 Å². The van der Waals surface area contributed by atoms with Crippen LogP contribution in [0.15, 0.2) is 12.2 Å². The molecular weight excluding hydrogens is 240 g/mol. The third-order valence-electron chi connectivity index (χ3n) is 3.98. The molecule has 4 nitrogen and oxygen atoms in total. The van der Waals surface area contributed by atoms with Crippen LogP contribution in [0.5, 0.6) is 0 Å². The van der Waals surface area contributed by atoms with Crippen molar-refractivity contribution in [3.63, 3.8) is 0 Å². The van der Waals surface area contributed by atoms with Crippen molar-refractivity contribution in [2.75, 3.05) is 6.54 Å². The van der Waals surface area contributed by atoms with Crippen LogP contribution in [-0.4, -0.2) is 18.4 Å². The Bertz CT molecular complexity index is 335. The first kappa shape index (κ1) is 15.7. The molecule has 3 N–H and O–H groups in total. The second-order valence-electron chi connectivity index (χ2n) is 5.35. The van der Waals surface area contributed by atoms with E-state index in [-0.39, 0.29) is 23.7 Å². The standard InChI is InChI=1S/C15H26N2O2/c1-3-5-9-12(14(16)18)13(15(19)17-4-2)10-11-7-6-8-11/h3,5,11-13H,4,6-10H2,1-2H3,(H2,16,18)(H,17,19)/b5-3+/t12-,13+/m0/s1. The van der Waals surface area contributed by atoms with Gasteiger partial charge in [0.15, 0.2) is 0 Å². The summed E-state index contributed by atoms with van der Waals surface area (Å²) in [5.41, 5.74) is 5.49. The first-order valence-corrected chi connectivity index (χ1v) is 7.28. The van der Waals surface area contributed by atoms with Gasteiger partial charge in [-0.2, -0.15) is 0 Å². The third-order valence-corrected chi connectivity index (χ3v) is 3.98. The van der Waals surface area contributed by atoms with Crippen LogP contribution in [0.1, 0.15) is 46.0 Å². The molecule has 1 saturated carbocycles. The van der Waals surface area contributed by atoms with Gasteiger partial charge in [-0.1, -0.05) is 31.4 Å². The van der Waals surface area contributed by atoms with Crippen molar-refractivity contribution in [2.24, 2.45) is 23.5 Å². The Morgan fingerprint density at radius 2 is 2.05 bits per heavy atom. The molecule has 0 aromatic rings. The summed E-state index contributed by atoms with van der Waals surface area (Å²) in [7, 11) is 0. The van der Waals surface area contributed by atoms with E-state index in [9.17, 15) is 9.59 Å². The minimum atomic E-state index is -0.386. The van der Waals surface area contributed by atoms with E-state index in [4.69, 9.17) is 5.73 Å². The fourth-order valence-electron chi connectivity index (χ4n) is 2.61. The first-order chi connectivity index (χ1) is 9.10. The molecule has 0 unspecified atom stereocenters. The van der Waals surface area contributed by atoms with Crippen LogP contribution in [0.25, 0.3) is 0 Å². The lowest BCUT2D eigenvalue weighted by atomic mass is 9.74. The van der Waals surface area contributed by atoms with Crippen LogP contribution < -0.4 is 11.1 Å². The smallest absolute Gasteiger partial charge is 0.223 e. The van der Waals surface area contributed by atoms with Gasteiger partial charge in [-0.15, -0.1) is 0 Å². The number of hydrogen-bond donors (Lipinski definition) is 2. The van der Waals surface area contributed by atoms with Crippen LogP contribution in [0.2, 0.25) is 0 Å². The molecule has 2 atom stereocenters. The van der Waals surface area contributed by atoms with Gasteiger partial charge in [0, 0.05) is 6.54 Å². The van der Waals surface area contributed by atoms with Gasteiger partial charge >= 0.3 is 0 Å². The Morgan fingerprint density at radius 1 is 1.37 bits per heavy atom. The maximum absolute atomic E-state index is 12.2. The van der Waals surface area contributed by atoms with E-state index < -0.39 is 0 Å². The second kappa shape index (κ2) is 7.97. The maximum atomic E-state index is 12.2. The molecule has 0 saturated heterocycles. The molecule has 0 heterocycles. The van der Waals surface area contributed by atoms with Gasteiger partial charge in [0.2, 0.25) is 11.8 Å². The zero-order valence-corrected chi connectivity index (χ0v) is 12.0. The SMILES string of the molecule is C/C=C/C[C@H](C(N)=O)[C@@H](CC1CCC1)C(=O)NCC. The number of nitrogens with one attached hydrogen (secondary N) is 1. The van der Waals surface area contributed by atoms with Crippen molar-refractivity contribution in [2.45, 2.75) is 46.0 Å². The highest BCUT2D eigenvalue weighted by atomic mass is 16.2. The number of hydrogen-bond acceptors (Lipinski definition) is 2. The monoisotopic (exact) mass is 266 g/mol. The third kappa shape index (κ3) is 4.69. The fraction of sp³-hybridized carbons (Fsp3) is 0.733. The molecule has 19 heavy (non-hydrogen) atoms. The summed E-state index contributed by atoms with van der Waals surface area (Å²) < 4.78 is 0. The van der Waals surface area contributed by atoms with Crippen molar-refractivity contribution in [1.82, 2.24) is 5.32 Å². The van der Waals surface area contributed by atoms with Crippen LogP contribution in [0.4, 0.5) is 0 Å². The molecule has 0 aromatic heterocycles. The van der Waals surface area contributed by atoms with Gasteiger partial charge in [-0.25, -0.2) is 0 Å². The van der Waals surface area contributed by atoms with E-state index in [0.717, 1.165) is 6.42 Å². The molecular formula is C15H26N2O2. The molecule has 2 amide bonds. The predicted molar refractivity (Wildman–Crippen MR) is 76.2 cm³/mol. The number of nitrogens with two attached hydrogens (primary N) is 1. The predicted octanol–water partition coefficient (Wildman–Crippen LogP) is 2.00. The molecule has 4 heteroatoms. The van der Waals surface area contributed by atoms with Crippen molar-refractivity contribution in [3.8, 4) is 0 Å². The van der Waals surface area contributed by atoms with E-state index in [1.165, 1.54) is 19.3 Å². The Morgan fingerprint density at radius 3 is 2.47 bits per heavy atom. The summed E-state index contributed by atoms with van der Waals surface area (Å²) in [6.45, 7) is 4.39. The maximum Gasteiger partial charge on any atom is 0.223 e. The van der Waals surface area contributed by atoms with Crippen LogP contribution >= 0.6 is 0 Å². The molecule has 0 aliphatic heterocycles. The summed E-state index contributed by atoms with van der Waals surface area (Å²) in [5, 5.41) is 2.84. The van der Waals surface area contributed by atoms with Crippen LogP contribution in [-0.2, 0) is 9.59 Å². The van der Waals surface area contributed by atoms with Gasteiger partial charge < -0.3 is 11.1 Å². The molecule has 0 radical (unpaired) electrons. The number of rotatable bonds is 8. The molecule has 1 rings (SSSR count). The molecule has 0 spiro atoms. The van der Waals surface area contributed by atoms with Gasteiger partial charge in [0.1, 0.15) is 0 Å². The van der Waals surface area contributed by atoms with Crippen molar-refractivity contribution < 1.29 is 9.59 Å². The molecule has 0 aromatic carbocycles. The lowest BCUT2D eigenvalue weighted by molar-refractivity contribution is -0.134. The number of amides is 2. The Balaban J connectivity index is 2.76. The zero-order chi connectivity index (χ0) is 14.3. The van der Waals surface area contributed by atoms with Crippen molar-refractivity contribution >= 4 is 11.8 Å². The number of carbonyl (C=O) groups is 2. The van der Waals surface area contributed by atoms with Crippen LogP contribution in [0.3, 0.4) is 0 Å². The fourth-order valence-corrected chi connectivity index (χ4v) is 2.61. The summed E-state index contributed by atoms with van der Waals surface area (Å²) >= 11 is 0. The highest BCUT2D eigenvalue weighted by Crippen LogP contribution is 2.35. The van der Waals surface area contributed by atoms with E-state index in [2.05, 4.69) is 5.32 Å². The van der Waals surface area contributed by atoms with Crippen molar-refractivity contribution in [3.05, 3.63) is 12.2 Å². The van der Waals surface area contributed by atoms with Crippen molar-refractivity contribution in [1.29, 1.82) is 0 Å². The average molecular weight is 266 g/mol. The minimum Gasteiger partial charge on any atom is -0.369 e. The van der Waals surface area contributed by atoms with Gasteiger partial charge in [-0.05, 0) is 32.6 Å². The van der Waals surface area contributed by atoms with E-state index in [1.807, 2.05) is 26.0 Å². The molecule has 0 bridgehead atoms.